The van der Waals surface area contributed by atoms with Gasteiger partial charge in [0.15, 0.2) is 0 Å². The molecule has 0 aliphatic carbocycles. The molecule has 2 rings (SSSR count). The summed E-state index contributed by atoms with van der Waals surface area (Å²) in [5, 5.41) is 0. The first kappa shape index (κ1) is 11.9. The first-order chi connectivity index (χ1) is 8.29. The fourth-order valence-corrected chi connectivity index (χ4v) is 1.78. The van der Waals surface area contributed by atoms with Gasteiger partial charge in [0.05, 0.1) is 5.69 Å². The van der Waals surface area contributed by atoms with Crippen molar-refractivity contribution in [2.75, 3.05) is 0 Å². The lowest BCUT2D eigenvalue weighted by atomic mass is 10.1. The molecule has 0 aliphatic rings. The Morgan fingerprint density at radius 1 is 1.06 bits per heavy atom. The van der Waals surface area contributed by atoms with E-state index in [0.29, 0.717) is 0 Å². The largest absolute Gasteiger partial charge is 0.255 e. The Morgan fingerprint density at radius 3 is 2.41 bits per heavy atom. The maximum Gasteiger partial charge on any atom is 0.0763 e. The van der Waals surface area contributed by atoms with Crippen LogP contribution in [0.25, 0.3) is 0 Å². The van der Waals surface area contributed by atoms with E-state index in [0.717, 1.165) is 22.6 Å². The summed E-state index contributed by atoms with van der Waals surface area (Å²) in [6.45, 7) is 2.15. The lowest BCUT2D eigenvalue weighted by Gasteiger charge is -1.99. The monoisotopic (exact) mass is 241 g/mol. The zero-order valence-corrected chi connectivity index (χ0v) is 10.7. The minimum Gasteiger partial charge on any atom is -0.255 e. The van der Waals surface area contributed by atoms with Gasteiger partial charge in [-0.05, 0) is 29.7 Å². The highest BCUT2D eigenvalue weighted by Gasteiger charge is 1.94. The molecule has 0 atom stereocenters. The fraction of sp³-hybridized carbons (Fsp3) is 0.133. The van der Waals surface area contributed by atoms with E-state index >= 15 is 0 Å². The van der Waals surface area contributed by atoms with Crippen molar-refractivity contribution in [3.63, 3.8) is 0 Å². The lowest BCUT2D eigenvalue weighted by molar-refractivity contribution is 1.14. The number of aliphatic imine (C=N–C) groups is 1. The number of hydrogen-bond donors (Lipinski definition) is 1. The van der Waals surface area contributed by atoms with Crippen LogP contribution in [0.3, 0.4) is 0 Å². The number of thiol groups is 1. The molecule has 0 aromatic heterocycles. The van der Waals surface area contributed by atoms with Crippen molar-refractivity contribution in [2.24, 2.45) is 4.99 Å². The van der Waals surface area contributed by atoms with E-state index < -0.39 is 0 Å². The molecule has 0 heterocycles. The van der Waals surface area contributed by atoms with Gasteiger partial charge in [0, 0.05) is 11.1 Å². The van der Waals surface area contributed by atoms with Gasteiger partial charge in [-0.25, -0.2) is 0 Å². The predicted molar refractivity (Wildman–Crippen MR) is 76.8 cm³/mol. The molecule has 0 unspecified atom stereocenters. The lowest BCUT2D eigenvalue weighted by Crippen LogP contribution is -1.83. The quantitative estimate of drug-likeness (QED) is 0.608. The Morgan fingerprint density at radius 2 is 1.76 bits per heavy atom. The number of aryl methyl sites for hydroxylation is 1. The van der Waals surface area contributed by atoms with Crippen LogP contribution in [0.1, 0.15) is 18.1 Å². The van der Waals surface area contributed by atoms with E-state index in [-0.39, 0.29) is 0 Å². The van der Waals surface area contributed by atoms with Gasteiger partial charge in [-0.1, -0.05) is 43.3 Å². The third-order valence-corrected chi connectivity index (χ3v) is 3.00. The first-order valence-corrected chi connectivity index (χ1v) is 6.15. The zero-order chi connectivity index (χ0) is 12.1. The SMILES string of the molecule is CCc1ccc(C=Nc2ccccc2S)cc1. The van der Waals surface area contributed by atoms with Gasteiger partial charge in [-0.3, -0.25) is 4.99 Å². The Hall–Kier alpha value is -1.54. The average Bonchev–Trinajstić information content (AvgIpc) is 2.38. The van der Waals surface area contributed by atoms with Crippen LogP contribution in [0, 0.1) is 0 Å². The minimum absolute atomic E-state index is 0.897. The summed E-state index contributed by atoms with van der Waals surface area (Å²) < 4.78 is 0. The highest BCUT2D eigenvalue weighted by molar-refractivity contribution is 7.80. The van der Waals surface area contributed by atoms with E-state index in [9.17, 15) is 0 Å². The number of hydrogen-bond acceptors (Lipinski definition) is 2. The molecule has 0 bridgehead atoms. The Balaban J connectivity index is 2.17. The second kappa shape index (κ2) is 5.69. The van der Waals surface area contributed by atoms with Gasteiger partial charge in [0.25, 0.3) is 0 Å². The van der Waals surface area contributed by atoms with Crippen molar-refractivity contribution < 1.29 is 0 Å². The summed E-state index contributed by atoms with van der Waals surface area (Å²) in [6, 6.07) is 16.3. The molecule has 0 amide bonds. The minimum atomic E-state index is 0.897. The maximum absolute atomic E-state index is 4.43. The average molecular weight is 241 g/mol. The van der Waals surface area contributed by atoms with Crippen LogP contribution in [0.5, 0.6) is 0 Å². The van der Waals surface area contributed by atoms with Gasteiger partial charge in [-0.2, -0.15) is 0 Å². The summed E-state index contributed by atoms with van der Waals surface area (Å²) in [6.07, 6.45) is 2.94. The van der Waals surface area contributed by atoms with Crippen molar-refractivity contribution >= 4 is 24.5 Å². The second-order valence-corrected chi connectivity index (χ2v) is 4.32. The smallest absolute Gasteiger partial charge is 0.0763 e. The summed E-state index contributed by atoms with van der Waals surface area (Å²) in [5.41, 5.74) is 3.35. The van der Waals surface area contributed by atoms with Gasteiger partial charge in [-0.15, -0.1) is 12.6 Å². The molecule has 0 saturated carbocycles. The van der Waals surface area contributed by atoms with Crippen molar-refractivity contribution in [1.82, 2.24) is 0 Å². The molecule has 2 heteroatoms. The molecule has 0 spiro atoms. The van der Waals surface area contributed by atoms with Crippen molar-refractivity contribution in [3.8, 4) is 0 Å². The van der Waals surface area contributed by atoms with Crippen LogP contribution in [-0.4, -0.2) is 6.21 Å². The molecule has 2 aromatic rings. The van der Waals surface area contributed by atoms with Crippen LogP contribution in [0.15, 0.2) is 58.4 Å². The Labute approximate surface area is 108 Å². The molecule has 0 aliphatic heterocycles. The molecule has 86 valence electrons. The third kappa shape index (κ3) is 3.21. The zero-order valence-electron chi connectivity index (χ0n) is 9.80. The summed E-state index contributed by atoms with van der Waals surface area (Å²) >= 11 is 4.36. The van der Waals surface area contributed by atoms with Crippen molar-refractivity contribution in [1.29, 1.82) is 0 Å². The van der Waals surface area contributed by atoms with E-state index in [1.54, 1.807) is 0 Å². The number of rotatable bonds is 3. The predicted octanol–water partition coefficient (Wildman–Crippen LogP) is 4.29. The molecule has 2 aromatic carbocycles. The number of nitrogens with zero attached hydrogens (tertiary/aromatic N) is 1. The number of para-hydroxylation sites is 1. The van der Waals surface area contributed by atoms with Crippen molar-refractivity contribution in [3.05, 3.63) is 59.7 Å². The van der Waals surface area contributed by atoms with Crippen LogP contribution in [-0.2, 0) is 6.42 Å². The first-order valence-electron chi connectivity index (χ1n) is 5.70. The molecule has 0 radical (unpaired) electrons. The fourth-order valence-electron chi connectivity index (χ4n) is 1.56. The molecule has 0 saturated heterocycles. The molecule has 0 fully saturated rings. The van der Waals surface area contributed by atoms with Gasteiger partial charge in [0.2, 0.25) is 0 Å². The normalized spacial score (nSPS) is 10.9. The Bertz CT molecular complexity index is 515. The maximum atomic E-state index is 4.43. The topological polar surface area (TPSA) is 12.4 Å². The van der Waals surface area contributed by atoms with Crippen LogP contribution in [0.2, 0.25) is 0 Å². The van der Waals surface area contributed by atoms with Crippen LogP contribution < -0.4 is 0 Å². The Kier molecular flexibility index (Phi) is 3.99. The molecule has 17 heavy (non-hydrogen) atoms. The van der Waals surface area contributed by atoms with Gasteiger partial charge >= 0.3 is 0 Å². The molecule has 0 N–H and O–H groups in total. The highest BCUT2D eigenvalue weighted by atomic mass is 32.1. The number of benzene rings is 2. The van der Waals surface area contributed by atoms with E-state index in [2.05, 4.69) is 48.8 Å². The van der Waals surface area contributed by atoms with E-state index in [1.165, 1.54) is 5.56 Å². The van der Waals surface area contributed by atoms with Crippen molar-refractivity contribution in [2.45, 2.75) is 18.2 Å². The summed E-state index contributed by atoms with van der Waals surface area (Å²) in [7, 11) is 0. The third-order valence-electron chi connectivity index (χ3n) is 2.62. The van der Waals surface area contributed by atoms with Gasteiger partial charge in [0.1, 0.15) is 0 Å². The molecular formula is C15H15NS. The standard InChI is InChI=1S/C15H15NS/c1-2-12-7-9-13(10-8-12)11-16-14-5-3-4-6-15(14)17/h3-11,17H,2H2,1H3. The van der Waals surface area contributed by atoms with Crippen LogP contribution in [0.4, 0.5) is 5.69 Å². The van der Waals surface area contributed by atoms with Crippen LogP contribution >= 0.6 is 12.6 Å². The summed E-state index contributed by atoms with van der Waals surface area (Å²) in [4.78, 5) is 5.33. The molecular weight excluding hydrogens is 226 g/mol. The van der Waals surface area contributed by atoms with E-state index in [4.69, 9.17) is 0 Å². The summed E-state index contributed by atoms with van der Waals surface area (Å²) in [5.74, 6) is 0. The molecule has 1 nitrogen and oxygen atoms in total. The highest BCUT2D eigenvalue weighted by Crippen LogP contribution is 2.21. The van der Waals surface area contributed by atoms with Gasteiger partial charge < -0.3 is 0 Å². The second-order valence-electron chi connectivity index (χ2n) is 3.84. The van der Waals surface area contributed by atoms with E-state index in [1.807, 2.05) is 30.5 Å².